The summed E-state index contributed by atoms with van der Waals surface area (Å²) in [5.74, 6) is -4.40. The minimum Gasteiger partial charge on any atom is -0.355 e. The third kappa shape index (κ3) is 4.11. The third-order valence-corrected chi connectivity index (χ3v) is 4.87. The molecule has 9 heteroatoms. The Hall–Kier alpha value is -2.61. The van der Waals surface area contributed by atoms with Crippen LogP contribution in [0.2, 0.25) is 5.02 Å². The van der Waals surface area contributed by atoms with E-state index in [9.17, 15) is 27.2 Å². The molecule has 28 heavy (non-hydrogen) atoms. The Balaban J connectivity index is 1.92. The van der Waals surface area contributed by atoms with Crippen molar-refractivity contribution in [2.45, 2.75) is 18.5 Å². The largest absolute Gasteiger partial charge is 0.416 e. The van der Waals surface area contributed by atoms with E-state index in [4.69, 9.17) is 11.6 Å². The standard InChI is InChI=1S/C19H15ClF4N2O2/c20-13-5-2-6-14(16(13)21)26-18(28)15-12(7-8-25-17(15)27)10-3-1-4-11(9-10)19(22,23)24/h1-6,9,12,15H,7-8H2,(H,25,27)(H,26,28)/t12-,15-/m1/s1. The van der Waals surface area contributed by atoms with Crippen molar-refractivity contribution >= 4 is 29.1 Å². The average Bonchev–Trinajstić information content (AvgIpc) is 2.64. The van der Waals surface area contributed by atoms with Gasteiger partial charge in [-0.1, -0.05) is 35.9 Å². The number of rotatable bonds is 3. The van der Waals surface area contributed by atoms with Gasteiger partial charge in [0, 0.05) is 12.5 Å². The molecule has 1 aliphatic heterocycles. The Kier molecular flexibility index (Phi) is 5.60. The maximum absolute atomic E-state index is 14.1. The first-order chi connectivity index (χ1) is 13.2. The Morgan fingerprint density at radius 1 is 1.18 bits per heavy atom. The normalized spacial score (nSPS) is 19.8. The Morgan fingerprint density at radius 3 is 2.61 bits per heavy atom. The van der Waals surface area contributed by atoms with Gasteiger partial charge in [-0.3, -0.25) is 9.59 Å². The molecule has 0 radical (unpaired) electrons. The van der Waals surface area contributed by atoms with E-state index in [-0.39, 0.29) is 29.2 Å². The van der Waals surface area contributed by atoms with Gasteiger partial charge in [0.15, 0.2) is 5.82 Å². The van der Waals surface area contributed by atoms with Gasteiger partial charge in [0.2, 0.25) is 11.8 Å². The molecule has 0 bridgehead atoms. The van der Waals surface area contributed by atoms with Gasteiger partial charge in [0.05, 0.1) is 16.3 Å². The number of alkyl halides is 3. The first-order valence-electron chi connectivity index (χ1n) is 8.38. The van der Waals surface area contributed by atoms with E-state index in [0.29, 0.717) is 0 Å². The maximum atomic E-state index is 14.1. The fourth-order valence-corrected chi connectivity index (χ4v) is 3.40. The molecule has 2 aromatic carbocycles. The summed E-state index contributed by atoms with van der Waals surface area (Å²) in [5, 5.41) is 4.63. The van der Waals surface area contributed by atoms with Gasteiger partial charge in [0.25, 0.3) is 0 Å². The molecule has 0 aromatic heterocycles. The molecular formula is C19H15ClF4N2O2. The number of hydrogen-bond acceptors (Lipinski definition) is 2. The highest BCUT2D eigenvalue weighted by Crippen LogP contribution is 2.36. The van der Waals surface area contributed by atoms with Gasteiger partial charge in [0.1, 0.15) is 5.92 Å². The van der Waals surface area contributed by atoms with Crippen LogP contribution in [0, 0.1) is 11.7 Å². The first kappa shape index (κ1) is 20.1. The van der Waals surface area contributed by atoms with Crippen LogP contribution in [0.25, 0.3) is 0 Å². The van der Waals surface area contributed by atoms with Crippen LogP contribution >= 0.6 is 11.6 Å². The zero-order chi connectivity index (χ0) is 20.5. The Labute approximate surface area is 162 Å². The number of halogens is 5. The number of carbonyl (C=O) groups is 2. The molecule has 4 nitrogen and oxygen atoms in total. The minimum atomic E-state index is -4.55. The summed E-state index contributed by atoms with van der Waals surface area (Å²) in [6.07, 6.45) is -4.28. The average molecular weight is 415 g/mol. The van der Waals surface area contributed by atoms with Gasteiger partial charge in [-0.15, -0.1) is 0 Å². The van der Waals surface area contributed by atoms with Gasteiger partial charge in [-0.2, -0.15) is 13.2 Å². The van der Waals surface area contributed by atoms with E-state index in [2.05, 4.69) is 10.6 Å². The fourth-order valence-electron chi connectivity index (χ4n) is 3.23. The fraction of sp³-hybridized carbons (Fsp3) is 0.263. The van der Waals surface area contributed by atoms with Crippen molar-refractivity contribution in [3.05, 3.63) is 64.4 Å². The van der Waals surface area contributed by atoms with Crippen molar-refractivity contribution in [3.63, 3.8) is 0 Å². The molecule has 2 atom stereocenters. The molecule has 2 aromatic rings. The van der Waals surface area contributed by atoms with Crippen molar-refractivity contribution in [1.29, 1.82) is 0 Å². The topological polar surface area (TPSA) is 58.2 Å². The number of carbonyl (C=O) groups excluding carboxylic acids is 2. The van der Waals surface area contributed by atoms with E-state index in [1.54, 1.807) is 0 Å². The van der Waals surface area contributed by atoms with Gasteiger partial charge in [-0.05, 0) is 30.2 Å². The molecule has 0 saturated carbocycles. The monoisotopic (exact) mass is 414 g/mol. The molecule has 1 saturated heterocycles. The molecule has 0 aliphatic carbocycles. The first-order valence-corrected chi connectivity index (χ1v) is 8.76. The molecule has 0 unspecified atom stereocenters. The van der Waals surface area contributed by atoms with Crippen LogP contribution in [0.3, 0.4) is 0 Å². The number of benzene rings is 2. The quantitative estimate of drug-likeness (QED) is 0.579. The van der Waals surface area contributed by atoms with Crippen LogP contribution in [0.15, 0.2) is 42.5 Å². The number of anilines is 1. The van der Waals surface area contributed by atoms with Crippen molar-refractivity contribution in [2.75, 3.05) is 11.9 Å². The molecule has 2 amide bonds. The second-order valence-corrected chi connectivity index (χ2v) is 6.78. The van der Waals surface area contributed by atoms with Crippen molar-refractivity contribution in [1.82, 2.24) is 5.32 Å². The second kappa shape index (κ2) is 7.79. The van der Waals surface area contributed by atoms with E-state index in [1.165, 1.54) is 30.3 Å². The lowest BCUT2D eigenvalue weighted by Crippen LogP contribution is -2.46. The van der Waals surface area contributed by atoms with Crippen LogP contribution in [0.4, 0.5) is 23.2 Å². The maximum Gasteiger partial charge on any atom is 0.416 e. The summed E-state index contributed by atoms with van der Waals surface area (Å²) in [7, 11) is 0. The third-order valence-electron chi connectivity index (χ3n) is 4.57. The van der Waals surface area contributed by atoms with Crippen LogP contribution in [0.1, 0.15) is 23.5 Å². The highest BCUT2D eigenvalue weighted by atomic mass is 35.5. The molecule has 1 fully saturated rings. The highest BCUT2D eigenvalue weighted by Gasteiger charge is 2.40. The lowest BCUT2D eigenvalue weighted by atomic mass is 9.79. The lowest BCUT2D eigenvalue weighted by Gasteiger charge is -2.31. The van der Waals surface area contributed by atoms with Gasteiger partial charge >= 0.3 is 6.18 Å². The van der Waals surface area contributed by atoms with Crippen LogP contribution in [0.5, 0.6) is 0 Å². The summed E-state index contributed by atoms with van der Waals surface area (Å²) in [5.41, 5.74) is -0.855. The summed E-state index contributed by atoms with van der Waals surface area (Å²) in [4.78, 5) is 25.0. The molecule has 0 spiro atoms. The van der Waals surface area contributed by atoms with Gasteiger partial charge < -0.3 is 10.6 Å². The smallest absolute Gasteiger partial charge is 0.355 e. The van der Waals surface area contributed by atoms with E-state index >= 15 is 0 Å². The van der Waals surface area contributed by atoms with Crippen LogP contribution < -0.4 is 10.6 Å². The second-order valence-electron chi connectivity index (χ2n) is 6.38. The summed E-state index contributed by atoms with van der Waals surface area (Å²) >= 11 is 5.68. The molecule has 3 rings (SSSR count). The van der Waals surface area contributed by atoms with Crippen LogP contribution in [-0.2, 0) is 15.8 Å². The zero-order valence-corrected chi connectivity index (χ0v) is 15.1. The minimum absolute atomic E-state index is 0.208. The summed E-state index contributed by atoms with van der Waals surface area (Å²) in [6, 6.07) is 8.53. The summed E-state index contributed by atoms with van der Waals surface area (Å²) in [6.45, 7) is 0.217. The van der Waals surface area contributed by atoms with Crippen molar-refractivity contribution in [2.24, 2.45) is 5.92 Å². The lowest BCUT2D eigenvalue weighted by molar-refractivity contribution is -0.137. The number of piperidine rings is 1. The number of amides is 2. The number of nitrogens with one attached hydrogen (secondary N) is 2. The van der Waals surface area contributed by atoms with Crippen molar-refractivity contribution < 1.29 is 27.2 Å². The molecule has 1 heterocycles. The molecule has 2 N–H and O–H groups in total. The summed E-state index contributed by atoms with van der Waals surface area (Å²) < 4.78 is 53.1. The van der Waals surface area contributed by atoms with E-state index in [1.807, 2.05) is 0 Å². The molecule has 148 valence electrons. The van der Waals surface area contributed by atoms with Crippen molar-refractivity contribution in [3.8, 4) is 0 Å². The van der Waals surface area contributed by atoms with Gasteiger partial charge in [-0.25, -0.2) is 4.39 Å². The number of hydrogen-bond donors (Lipinski definition) is 2. The van der Waals surface area contributed by atoms with E-state index in [0.717, 1.165) is 12.1 Å². The van der Waals surface area contributed by atoms with E-state index < -0.39 is 41.2 Å². The highest BCUT2D eigenvalue weighted by molar-refractivity contribution is 6.31. The predicted octanol–water partition coefficient (Wildman–Crippen LogP) is 4.36. The van der Waals surface area contributed by atoms with Crippen LogP contribution in [-0.4, -0.2) is 18.4 Å². The molecular weight excluding hydrogens is 400 g/mol. The SMILES string of the molecule is O=C1NCC[C@H](c2cccc(C(F)(F)F)c2)[C@H]1C(=O)Nc1cccc(Cl)c1F. The Bertz CT molecular complexity index is 917. The Morgan fingerprint density at radius 2 is 1.89 bits per heavy atom. The zero-order valence-electron chi connectivity index (χ0n) is 14.3. The molecule has 1 aliphatic rings. The predicted molar refractivity (Wildman–Crippen MR) is 95.3 cm³/mol.